The fourth-order valence-corrected chi connectivity index (χ4v) is 7.30. The Balaban J connectivity index is 1.42. The van der Waals surface area contributed by atoms with E-state index in [0.29, 0.717) is 36.4 Å². The topological polar surface area (TPSA) is 187 Å². The number of carbonyl (C=O) groups excluding carboxylic acids is 4. The number of rotatable bonds is 22. The largest absolute Gasteiger partial charge is 0.493 e. The zero-order valence-electron chi connectivity index (χ0n) is 38.5. The van der Waals surface area contributed by atoms with E-state index in [2.05, 4.69) is 123 Å². The molecule has 0 spiro atoms. The molecule has 8 N–H and O–H groups in total. The van der Waals surface area contributed by atoms with E-state index in [0.717, 1.165) is 107 Å². The smallest absolute Gasteiger partial charge is 0.327 e. The van der Waals surface area contributed by atoms with Gasteiger partial charge < -0.3 is 31.6 Å². The summed E-state index contributed by atoms with van der Waals surface area (Å²) < 4.78 is 13.4. The van der Waals surface area contributed by atoms with Crippen molar-refractivity contribution in [1.29, 1.82) is 0 Å². The zero-order chi connectivity index (χ0) is 47.3. The van der Waals surface area contributed by atoms with Gasteiger partial charge in [-0.2, -0.15) is 0 Å². The molecule has 0 heterocycles. The van der Waals surface area contributed by atoms with Gasteiger partial charge in [0.2, 0.25) is 0 Å². The Morgan fingerprint density at radius 1 is 0.500 bits per heavy atom. The molecule has 0 radical (unpaired) electrons. The van der Waals surface area contributed by atoms with Crippen molar-refractivity contribution in [2.45, 2.75) is 79.1 Å². The predicted octanol–water partition coefficient (Wildman–Crippen LogP) is 13.0. The summed E-state index contributed by atoms with van der Waals surface area (Å²) in [5.41, 5.74) is 19.0. The molecule has 5 rings (SSSR count). The lowest BCUT2D eigenvalue weighted by Gasteiger charge is -2.20. The van der Waals surface area contributed by atoms with Crippen LogP contribution >= 0.6 is 0 Å². The SMILES string of the molecule is CCCCC(CC)COc1cc(/C=C/c2ccc(-c3ccc(NC(=O)NC(N)=O)cc3)cc2)c(OCC(CC)CCCC)cc1/C=C/c1ccc(-c2ccc(NC(=O)NC(N)=O)cc2)cc1. The number of amides is 8. The van der Waals surface area contributed by atoms with Crippen LogP contribution in [0, 0.1) is 11.8 Å². The van der Waals surface area contributed by atoms with Crippen LogP contribution in [0.15, 0.2) is 109 Å². The van der Waals surface area contributed by atoms with E-state index in [1.54, 1.807) is 24.3 Å². The summed E-state index contributed by atoms with van der Waals surface area (Å²) in [7, 11) is 0. The predicted molar refractivity (Wildman–Crippen MR) is 269 cm³/mol. The monoisotopic (exact) mass is 892 g/mol. The maximum Gasteiger partial charge on any atom is 0.327 e. The molecule has 12 nitrogen and oxygen atoms in total. The molecule has 0 aliphatic carbocycles. The fraction of sp³-hybridized carbons (Fsp3) is 0.296. The van der Waals surface area contributed by atoms with Gasteiger partial charge >= 0.3 is 24.1 Å². The van der Waals surface area contributed by atoms with Crippen LogP contribution in [0.5, 0.6) is 11.5 Å². The van der Waals surface area contributed by atoms with Gasteiger partial charge in [0, 0.05) is 22.5 Å². The molecule has 0 aliphatic rings. The van der Waals surface area contributed by atoms with Gasteiger partial charge in [-0.25, -0.2) is 19.2 Å². The van der Waals surface area contributed by atoms with Crippen molar-refractivity contribution in [3.05, 3.63) is 131 Å². The van der Waals surface area contributed by atoms with Gasteiger partial charge in [0.1, 0.15) is 11.5 Å². The first-order valence-electron chi connectivity index (χ1n) is 22.9. The summed E-state index contributed by atoms with van der Waals surface area (Å²) >= 11 is 0. The van der Waals surface area contributed by atoms with Gasteiger partial charge in [0.05, 0.1) is 13.2 Å². The second kappa shape index (κ2) is 25.8. The van der Waals surface area contributed by atoms with Gasteiger partial charge in [-0.3, -0.25) is 10.6 Å². The first kappa shape index (κ1) is 49.7. The number of hydrogen-bond acceptors (Lipinski definition) is 6. The van der Waals surface area contributed by atoms with E-state index >= 15 is 0 Å². The molecular weight excluding hydrogens is 829 g/mol. The van der Waals surface area contributed by atoms with E-state index in [4.69, 9.17) is 20.9 Å². The number of anilines is 2. The van der Waals surface area contributed by atoms with Crippen molar-refractivity contribution < 1.29 is 28.7 Å². The third kappa shape index (κ3) is 16.0. The van der Waals surface area contributed by atoms with Gasteiger partial charge in [0.15, 0.2) is 0 Å². The zero-order valence-corrected chi connectivity index (χ0v) is 38.5. The van der Waals surface area contributed by atoms with Gasteiger partial charge in [0.25, 0.3) is 0 Å². The van der Waals surface area contributed by atoms with E-state index in [1.165, 1.54) is 0 Å². The molecule has 0 aromatic heterocycles. The first-order valence-corrected chi connectivity index (χ1v) is 22.9. The Morgan fingerprint density at radius 3 is 1.14 bits per heavy atom. The molecule has 12 heteroatoms. The molecule has 2 unspecified atom stereocenters. The summed E-state index contributed by atoms with van der Waals surface area (Å²) in [6, 6.07) is 32.1. The summed E-state index contributed by atoms with van der Waals surface area (Å²) in [6.07, 6.45) is 17.3. The first-order chi connectivity index (χ1) is 32.0. The van der Waals surface area contributed by atoms with Crippen molar-refractivity contribution >= 4 is 59.8 Å². The maximum absolute atomic E-state index is 11.9. The Labute approximate surface area is 389 Å². The van der Waals surface area contributed by atoms with Crippen molar-refractivity contribution in [2.24, 2.45) is 23.3 Å². The lowest BCUT2D eigenvalue weighted by Crippen LogP contribution is -2.38. The van der Waals surface area contributed by atoms with Gasteiger partial charge in [-0.1, -0.05) is 163 Å². The maximum atomic E-state index is 11.9. The third-order valence-corrected chi connectivity index (χ3v) is 11.3. The highest BCUT2D eigenvalue weighted by molar-refractivity contribution is 6.01. The molecule has 0 saturated carbocycles. The Morgan fingerprint density at radius 2 is 0.833 bits per heavy atom. The molecule has 0 saturated heterocycles. The van der Waals surface area contributed by atoms with Crippen LogP contribution in [0.1, 0.15) is 101 Å². The third-order valence-electron chi connectivity index (χ3n) is 11.3. The van der Waals surface area contributed by atoms with E-state index in [1.807, 2.05) is 34.9 Å². The van der Waals surface area contributed by atoms with Crippen LogP contribution in [-0.4, -0.2) is 37.3 Å². The number of imide groups is 2. The molecule has 0 bridgehead atoms. The number of primary amides is 2. The van der Waals surface area contributed by atoms with Gasteiger partial charge in [-0.15, -0.1) is 0 Å². The Bertz CT molecular complexity index is 2240. The number of unbranched alkanes of at least 4 members (excludes halogenated alkanes) is 2. The summed E-state index contributed by atoms with van der Waals surface area (Å²) in [6.45, 7) is 10.1. The van der Waals surface area contributed by atoms with Crippen molar-refractivity contribution in [1.82, 2.24) is 10.6 Å². The summed E-state index contributed by atoms with van der Waals surface area (Å²) in [5.74, 6) is 2.47. The second-order valence-corrected chi connectivity index (χ2v) is 16.3. The number of ether oxygens (including phenoxy) is 2. The molecule has 66 heavy (non-hydrogen) atoms. The lowest BCUT2D eigenvalue weighted by atomic mass is 9.99. The highest BCUT2D eigenvalue weighted by Gasteiger charge is 2.15. The number of benzene rings is 5. The Kier molecular flexibility index (Phi) is 19.4. The standard InChI is InChI=1S/C54H64N6O6/c1-5-9-11-37(7-3)35-65-49-33-46(24-18-40-15-21-42(22-16-40)44-27-31-48(32-28-44)58-54(64)60-52(56)62)50(66-36-38(8-4)12-10-6-2)34-45(49)23-17-39-13-19-41(20-14-39)43-25-29-47(30-26-43)57-53(63)59-51(55)61/h13-34,37-38H,5-12,35-36H2,1-4H3,(H4,55,57,59,61,63)(H4,56,58,60,62,64)/b23-17+,24-18+. The van der Waals surface area contributed by atoms with Gasteiger partial charge in [-0.05, 0) is 94.5 Å². The summed E-state index contributed by atoms with van der Waals surface area (Å²) in [4.78, 5) is 45.7. The molecule has 0 fully saturated rings. The van der Waals surface area contributed by atoms with Crippen LogP contribution in [0.4, 0.5) is 30.6 Å². The van der Waals surface area contributed by atoms with Crippen LogP contribution in [0.3, 0.4) is 0 Å². The molecule has 0 aliphatic heterocycles. The number of nitrogens with two attached hydrogens (primary N) is 2. The molecule has 5 aromatic carbocycles. The van der Waals surface area contributed by atoms with Crippen molar-refractivity contribution in [2.75, 3.05) is 23.8 Å². The quantitative estimate of drug-likeness (QED) is 0.0375. The number of hydrogen-bond donors (Lipinski definition) is 6. The van der Waals surface area contributed by atoms with Crippen molar-refractivity contribution in [3.63, 3.8) is 0 Å². The number of urea groups is 4. The highest BCUT2D eigenvalue weighted by Crippen LogP contribution is 2.34. The van der Waals surface area contributed by atoms with Crippen LogP contribution in [-0.2, 0) is 0 Å². The second-order valence-electron chi connectivity index (χ2n) is 16.3. The summed E-state index contributed by atoms with van der Waals surface area (Å²) in [5, 5.41) is 9.15. The number of carbonyl (C=O) groups is 4. The van der Waals surface area contributed by atoms with Crippen LogP contribution in [0.2, 0.25) is 0 Å². The van der Waals surface area contributed by atoms with E-state index in [9.17, 15) is 19.2 Å². The molecule has 5 aromatic rings. The van der Waals surface area contributed by atoms with Crippen LogP contribution < -0.4 is 42.2 Å². The Hall–Kier alpha value is -7.34. The van der Waals surface area contributed by atoms with Crippen LogP contribution in [0.25, 0.3) is 46.6 Å². The normalized spacial score (nSPS) is 12.1. The fourth-order valence-electron chi connectivity index (χ4n) is 7.30. The van der Waals surface area contributed by atoms with E-state index in [-0.39, 0.29) is 0 Å². The molecular formula is C54H64N6O6. The van der Waals surface area contributed by atoms with E-state index < -0.39 is 24.1 Å². The lowest BCUT2D eigenvalue weighted by molar-refractivity contribution is 0.227. The molecule has 2 atom stereocenters. The minimum absolute atomic E-state index is 0.442. The average molecular weight is 893 g/mol. The molecule has 8 amide bonds. The number of nitrogens with one attached hydrogen (secondary N) is 4. The minimum atomic E-state index is -0.924. The minimum Gasteiger partial charge on any atom is -0.493 e. The molecule has 346 valence electrons. The van der Waals surface area contributed by atoms with Crippen molar-refractivity contribution in [3.8, 4) is 33.8 Å². The average Bonchev–Trinajstić information content (AvgIpc) is 3.31. The highest BCUT2D eigenvalue weighted by atomic mass is 16.5.